The van der Waals surface area contributed by atoms with Gasteiger partial charge >= 0.3 is 0 Å². The van der Waals surface area contributed by atoms with Crippen LogP contribution in [0.1, 0.15) is 33.4 Å². The number of para-hydroxylation sites is 2. The van der Waals surface area contributed by atoms with Crippen LogP contribution in [0.2, 0.25) is 0 Å². The number of aromatic nitrogens is 4. The van der Waals surface area contributed by atoms with Crippen molar-refractivity contribution in [2.24, 2.45) is 0 Å². The molecule has 0 aliphatic heterocycles. The SMILES string of the molecule is [Au].[Au].[C-]#Cc1ccc2c(c1)Cc1ccccc1-2.[C-]#Cc1ccc2c(c1)Cc1ccccc1-2.[c-]1nc(-c2ccccc2-c2c[n+](-c3ccccc3)[c-][nH]2)cn1-c1ccccc1. The number of rotatable bonds is 4. The van der Waals surface area contributed by atoms with Gasteiger partial charge in [0.25, 0.3) is 0 Å². The fourth-order valence-electron chi connectivity index (χ4n) is 7.70. The second-order valence-electron chi connectivity index (χ2n) is 14.1. The molecule has 7 aromatic carbocycles. The van der Waals surface area contributed by atoms with E-state index >= 15 is 0 Å². The topological polar surface area (TPSA) is 37.5 Å². The molecule has 0 amide bonds. The second kappa shape index (κ2) is 19.1. The molecular formula is C54H35Au2N4-3. The summed E-state index contributed by atoms with van der Waals surface area (Å²) in [4.78, 5) is 7.78. The number of imidazole rings is 2. The zero-order valence-corrected chi connectivity index (χ0v) is 36.5. The summed E-state index contributed by atoms with van der Waals surface area (Å²) < 4.78 is 3.87. The van der Waals surface area contributed by atoms with Gasteiger partial charge in [0.1, 0.15) is 0 Å². The molecule has 6 heteroatoms. The Balaban J connectivity index is 0.000000145. The maximum Gasteiger partial charge on any atom is 0.241 e. The zero-order chi connectivity index (χ0) is 39.3. The summed E-state index contributed by atoms with van der Waals surface area (Å²) in [5, 5.41) is 0. The van der Waals surface area contributed by atoms with Crippen molar-refractivity contribution in [3.05, 3.63) is 241 Å². The van der Waals surface area contributed by atoms with Gasteiger partial charge in [0.05, 0.1) is 11.4 Å². The first kappa shape index (κ1) is 41.7. The average molecular weight is 1130 g/mol. The van der Waals surface area contributed by atoms with E-state index in [0.29, 0.717) is 0 Å². The van der Waals surface area contributed by atoms with E-state index in [1.165, 1.54) is 44.5 Å². The Bertz CT molecular complexity index is 2780. The Morgan fingerprint density at radius 1 is 0.533 bits per heavy atom. The van der Waals surface area contributed by atoms with Crippen molar-refractivity contribution >= 4 is 0 Å². The van der Waals surface area contributed by atoms with E-state index in [-0.39, 0.29) is 44.8 Å². The van der Waals surface area contributed by atoms with Crippen LogP contribution in [0.3, 0.4) is 0 Å². The average Bonchev–Trinajstić information content (AvgIpc) is 4.12. The van der Waals surface area contributed by atoms with Gasteiger partial charge in [-0.05, 0) is 68.7 Å². The van der Waals surface area contributed by atoms with E-state index in [1.807, 2.05) is 94.3 Å². The predicted octanol–water partition coefficient (Wildman–Crippen LogP) is 10.8. The van der Waals surface area contributed by atoms with Crippen LogP contribution in [-0.4, -0.2) is 14.5 Å². The van der Waals surface area contributed by atoms with Gasteiger partial charge in [0.15, 0.2) is 0 Å². The van der Waals surface area contributed by atoms with E-state index in [2.05, 4.69) is 132 Å². The molecule has 2 radical (unpaired) electrons. The van der Waals surface area contributed by atoms with E-state index < -0.39 is 0 Å². The third kappa shape index (κ3) is 8.77. The fourth-order valence-corrected chi connectivity index (χ4v) is 7.70. The van der Waals surface area contributed by atoms with Gasteiger partial charge in [-0.3, -0.25) is 11.8 Å². The number of hydrogen-bond acceptors (Lipinski definition) is 1. The Morgan fingerprint density at radius 2 is 1.02 bits per heavy atom. The van der Waals surface area contributed by atoms with Crippen molar-refractivity contribution in [3.63, 3.8) is 0 Å². The largest absolute Gasteiger partial charge is 0.433 e. The molecule has 2 aromatic heterocycles. The molecule has 1 N–H and O–H groups in total. The fraction of sp³-hybridized carbons (Fsp3) is 0.0370. The third-order valence-corrected chi connectivity index (χ3v) is 10.5. The van der Waals surface area contributed by atoms with Crippen LogP contribution in [0, 0.1) is 37.3 Å². The summed E-state index contributed by atoms with van der Waals surface area (Å²) in [6, 6.07) is 57.6. The molecular weight excluding hydrogens is 1100 g/mol. The number of benzene rings is 7. The molecule has 2 heterocycles. The summed E-state index contributed by atoms with van der Waals surface area (Å²) in [7, 11) is 0. The van der Waals surface area contributed by atoms with Gasteiger partial charge in [-0.2, -0.15) is 0 Å². The van der Waals surface area contributed by atoms with Crippen LogP contribution in [-0.2, 0) is 57.6 Å². The van der Waals surface area contributed by atoms with Crippen molar-refractivity contribution < 1.29 is 49.3 Å². The normalized spacial score (nSPS) is 10.9. The van der Waals surface area contributed by atoms with Crippen LogP contribution >= 0.6 is 0 Å². The Morgan fingerprint density at radius 3 is 1.58 bits per heavy atom. The number of hydrogen-bond donors (Lipinski definition) is 1. The van der Waals surface area contributed by atoms with Crippen molar-refractivity contribution in [2.45, 2.75) is 12.8 Å². The summed E-state index contributed by atoms with van der Waals surface area (Å²) in [6.45, 7) is 0. The molecule has 2 aliphatic carbocycles. The predicted molar refractivity (Wildman–Crippen MR) is 230 cm³/mol. The molecule has 9 aromatic rings. The summed E-state index contributed by atoms with van der Waals surface area (Å²) in [5.41, 5.74) is 18.5. The van der Waals surface area contributed by atoms with Gasteiger partial charge in [-0.15, -0.1) is 35.4 Å². The van der Waals surface area contributed by atoms with Gasteiger partial charge in [0, 0.05) is 57.3 Å². The van der Waals surface area contributed by atoms with Gasteiger partial charge in [0.2, 0.25) is 6.33 Å². The summed E-state index contributed by atoms with van der Waals surface area (Å²) in [5.74, 6) is 4.87. The van der Waals surface area contributed by atoms with Crippen molar-refractivity contribution in [1.29, 1.82) is 0 Å². The summed E-state index contributed by atoms with van der Waals surface area (Å²) in [6.07, 6.45) is 26.5. The van der Waals surface area contributed by atoms with Gasteiger partial charge in [-0.25, -0.2) is 0 Å². The first-order chi connectivity index (χ1) is 28.6. The molecule has 60 heavy (non-hydrogen) atoms. The first-order valence-corrected chi connectivity index (χ1v) is 19.1. The number of fused-ring (bicyclic) bond motifs is 6. The number of aromatic amines is 1. The van der Waals surface area contributed by atoms with Crippen LogP contribution < -0.4 is 4.57 Å². The van der Waals surface area contributed by atoms with E-state index in [0.717, 1.165) is 57.9 Å². The van der Waals surface area contributed by atoms with E-state index in [9.17, 15) is 0 Å². The maximum absolute atomic E-state index is 7.12. The smallest absolute Gasteiger partial charge is 0.241 e. The molecule has 0 unspecified atom stereocenters. The molecule has 11 rings (SSSR count). The molecule has 0 bridgehead atoms. The molecule has 0 atom stereocenters. The third-order valence-electron chi connectivity index (χ3n) is 10.5. The Labute approximate surface area is 383 Å². The molecule has 2 aliphatic rings. The van der Waals surface area contributed by atoms with Crippen LogP contribution in [0.25, 0.3) is 56.1 Å². The molecule has 0 fully saturated rings. The van der Waals surface area contributed by atoms with Gasteiger partial charge in [-0.1, -0.05) is 163 Å². The van der Waals surface area contributed by atoms with Crippen LogP contribution in [0.15, 0.2) is 182 Å². The minimum atomic E-state index is 0. The van der Waals surface area contributed by atoms with Crippen molar-refractivity contribution in [2.75, 3.05) is 0 Å². The molecule has 0 spiro atoms. The van der Waals surface area contributed by atoms with Gasteiger partial charge < -0.3 is 31.9 Å². The van der Waals surface area contributed by atoms with Crippen LogP contribution in [0.5, 0.6) is 0 Å². The number of nitrogens with one attached hydrogen (secondary N) is 1. The number of nitrogens with zero attached hydrogens (tertiary/aromatic N) is 3. The molecule has 0 saturated carbocycles. The Kier molecular flexibility index (Phi) is 13.3. The minimum absolute atomic E-state index is 0. The monoisotopic (exact) mass is 1130 g/mol. The Hall–Kier alpha value is -6.44. The first-order valence-electron chi connectivity index (χ1n) is 19.1. The maximum atomic E-state index is 7.12. The molecule has 0 saturated heterocycles. The molecule has 4 nitrogen and oxygen atoms in total. The minimum Gasteiger partial charge on any atom is -0.433 e. The zero-order valence-electron chi connectivity index (χ0n) is 32.2. The van der Waals surface area contributed by atoms with E-state index in [4.69, 9.17) is 12.8 Å². The quantitative estimate of drug-likeness (QED) is 0.0811. The van der Waals surface area contributed by atoms with Crippen molar-refractivity contribution in [3.8, 4) is 68.0 Å². The van der Waals surface area contributed by atoms with E-state index in [1.54, 1.807) is 0 Å². The standard InChI is InChI=1S/C24H17N4.2C15H9.2Au/c1-3-9-19(10-4-1)27-15-23(25-17-27)21-13-7-8-14-22(21)24-16-28(18-26-24)20-11-5-2-6-12-20;2*1-2-11-7-8-15-13(9-11)10-12-5-3-4-6-14(12)15;;/h1-16,25H;2*3-9H,10H2;;/q3*-1;;. The van der Waals surface area contributed by atoms with Crippen LogP contribution in [0.4, 0.5) is 0 Å². The molecule has 296 valence electrons. The summed E-state index contributed by atoms with van der Waals surface area (Å²) >= 11 is 0. The second-order valence-corrected chi connectivity index (χ2v) is 14.1. The number of H-pyrrole nitrogens is 1. The van der Waals surface area contributed by atoms with Crippen molar-refractivity contribution in [1.82, 2.24) is 14.5 Å².